The molecule has 1 aliphatic heterocycles. The number of hydrogen-bond donors (Lipinski definition) is 0. The summed E-state index contributed by atoms with van der Waals surface area (Å²) in [4.78, 5) is 28.6. The van der Waals surface area contributed by atoms with Crippen LogP contribution in [0.25, 0.3) is 11.1 Å². The Morgan fingerprint density at radius 1 is 0.793 bits per heavy atom. The van der Waals surface area contributed by atoms with E-state index in [4.69, 9.17) is 0 Å². The first-order chi connectivity index (χ1) is 14.2. The van der Waals surface area contributed by atoms with E-state index in [1.54, 1.807) is 0 Å². The van der Waals surface area contributed by atoms with Crippen LogP contribution in [0, 0.1) is 35.5 Å². The molecule has 4 aliphatic rings. The molecule has 3 aliphatic carbocycles. The Morgan fingerprint density at radius 2 is 1.52 bits per heavy atom. The fraction of sp³-hybridized carbons (Fsp3) is 0.385. The van der Waals surface area contributed by atoms with Gasteiger partial charge in [-0.05, 0) is 61.0 Å². The molecule has 3 fully saturated rings. The number of rotatable bonds is 3. The van der Waals surface area contributed by atoms with Gasteiger partial charge in [0.25, 0.3) is 0 Å². The second-order valence-electron chi connectivity index (χ2n) is 9.18. The van der Waals surface area contributed by atoms with E-state index in [0.717, 1.165) is 36.1 Å². The zero-order chi connectivity index (χ0) is 19.5. The number of benzene rings is 2. The number of hydrogen-bond acceptors (Lipinski definition) is 2. The van der Waals surface area contributed by atoms with Gasteiger partial charge in [-0.3, -0.25) is 9.59 Å². The molecule has 6 rings (SSSR count). The van der Waals surface area contributed by atoms with Crippen molar-refractivity contribution in [2.75, 3.05) is 4.90 Å². The van der Waals surface area contributed by atoms with Gasteiger partial charge in [0.05, 0.1) is 17.5 Å². The number of imide groups is 1. The van der Waals surface area contributed by atoms with E-state index >= 15 is 0 Å². The highest BCUT2D eigenvalue weighted by atomic mass is 16.2. The van der Waals surface area contributed by atoms with Gasteiger partial charge in [-0.1, -0.05) is 60.7 Å². The quantitative estimate of drug-likeness (QED) is 0.547. The molecule has 3 nitrogen and oxygen atoms in total. The lowest BCUT2D eigenvalue weighted by Gasteiger charge is -2.32. The monoisotopic (exact) mass is 383 g/mol. The van der Waals surface area contributed by atoms with Crippen molar-refractivity contribution in [3.8, 4) is 11.1 Å². The van der Waals surface area contributed by atoms with Crippen molar-refractivity contribution < 1.29 is 9.59 Å². The molecule has 2 aromatic carbocycles. The van der Waals surface area contributed by atoms with E-state index in [0.29, 0.717) is 23.7 Å². The van der Waals surface area contributed by atoms with E-state index in [1.165, 1.54) is 11.3 Å². The van der Waals surface area contributed by atoms with Crippen LogP contribution in [-0.2, 0) is 9.59 Å². The normalized spacial score (nSPS) is 35.0. The molecule has 1 heterocycles. The molecular formula is C26H25NO2. The maximum atomic E-state index is 13.6. The minimum absolute atomic E-state index is 0.0382. The number of nitrogens with zero attached hydrogens (tertiary/aromatic N) is 1. The Morgan fingerprint density at radius 3 is 2.31 bits per heavy atom. The summed E-state index contributed by atoms with van der Waals surface area (Å²) in [6.07, 6.45) is 9.22. The van der Waals surface area contributed by atoms with Crippen LogP contribution in [0.5, 0.6) is 0 Å². The first-order valence-corrected chi connectivity index (χ1v) is 10.9. The molecule has 0 aromatic heterocycles. The zero-order valence-electron chi connectivity index (χ0n) is 16.4. The molecule has 2 amide bonds. The summed E-state index contributed by atoms with van der Waals surface area (Å²) in [5.74, 6) is 1.83. The number of fused-ring (bicyclic) bond motifs is 5. The van der Waals surface area contributed by atoms with Crippen LogP contribution in [0.2, 0.25) is 0 Å². The van der Waals surface area contributed by atoms with Gasteiger partial charge in [-0.2, -0.15) is 0 Å². The number of carbonyl (C=O) groups is 2. The van der Waals surface area contributed by atoms with Gasteiger partial charge in [0.2, 0.25) is 11.8 Å². The van der Waals surface area contributed by atoms with Crippen molar-refractivity contribution in [3.63, 3.8) is 0 Å². The summed E-state index contributed by atoms with van der Waals surface area (Å²) >= 11 is 0. The van der Waals surface area contributed by atoms with Crippen molar-refractivity contribution in [1.82, 2.24) is 0 Å². The van der Waals surface area contributed by atoms with Crippen LogP contribution < -0.4 is 4.90 Å². The minimum Gasteiger partial charge on any atom is -0.274 e. The van der Waals surface area contributed by atoms with Crippen LogP contribution in [-0.4, -0.2) is 11.8 Å². The van der Waals surface area contributed by atoms with Gasteiger partial charge >= 0.3 is 0 Å². The lowest BCUT2D eigenvalue weighted by molar-refractivity contribution is -0.123. The third-order valence-corrected chi connectivity index (χ3v) is 7.90. The third-order valence-electron chi connectivity index (χ3n) is 7.90. The highest BCUT2D eigenvalue weighted by Crippen LogP contribution is 2.61. The summed E-state index contributed by atoms with van der Waals surface area (Å²) in [6.45, 7) is 0. The second kappa shape index (κ2) is 6.41. The van der Waals surface area contributed by atoms with Crippen LogP contribution in [0.3, 0.4) is 0 Å². The maximum Gasteiger partial charge on any atom is 0.238 e. The SMILES string of the molecule is O=C1C2C3CC(C4C=CCC4)C(C3)C2C(=O)N1c1ccccc1-c1ccccc1. The van der Waals surface area contributed by atoms with Gasteiger partial charge < -0.3 is 0 Å². The van der Waals surface area contributed by atoms with Gasteiger partial charge in [0.15, 0.2) is 0 Å². The van der Waals surface area contributed by atoms with Crippen molar-refractivity contribution in [2.45, 2.75) is 25.7 Å². The highest BCUT2D eigenvalue weighted by molar-refractivity contribution is 6.24. The number of amides is 2. The van der Waals surface area contributed by atoms with E-state index in [9.17, 15) is 9.59 Å². The molecule has 1 saturated heterocycles. The average molecular weight is 383 g/mol. The van der Waals surface area contributed by atoms with E-state index in [-0.39, 0.29) is 23.7 Å². The Hall–Kier alpha value is -2.68. The van der Waals surface area contributed by atoms with E-state index in [1.807, 2.05) is 54.6 Å². The Kier molecular flexibility index (Phi) is 3.80. The average Bonchev–Trinajstić information content (AvgIpc) is 3.53. The zero-order valence-corrected chi connectivity index (χ0v) is 16.4. The molecule has 0 N–H and O–H groups in total. The number of para-hydroxylation sites is 1. The van der Waals surface area contributed by atoms with Gasteiger partial charge in [-0.25, -0.2) is 4.90 Å². The van der Waals surface area contributed by atoms with Gasteiger partial charge in [0.1, 0.15) is 0 Å². The predicted molar refractivity (Wildman–Crippen MR) is 113 cm³/mol. The third kappa shape index (κ3) is 2.43. The molecule has 2 aromatic rings. The van der Waals surface area contributed by atoms with Crippen molar-refractivity contribution in [3.05, 3.63) is 66.7 Å². The van der Waals surface area contributed by atoms with Crippen molar-refractivity contribution >= 4 is 17.5 Å². The van der Waals surface area contributed by atoms with E-state index < -0.39 is 0 Å². The molecule has 3 heteroatoms. The molecule has 6 unspecified atom stereocenters. The smallest absolute Gasteiger partial charge is 0.238 e. The first-order valence-electron chi connectivity index (χ1n) is 10.9. The topological polar surface area (TPSA) is 37.4 Å². The lowest BCUT2D eigenvalue weighted by Crippen LogP contribution is -2.34. The summed E-state index contributed by atoms with van der Waals surface area (Å²) in [7, 11) is 0. The van der Waals surface area contributed by atoms with Crippen molar-refractivity contribution in [2.24, 2.45) is 35.5 Å². The molecule has 146 valence electrons. The molecular weight excluding hydrogens is 358 g/mol. The van der Waals surface area contributed by atoms with Crippen LogP contribution in [0.4, 0.5) is 5.69 Å². The second-order valence-corrected chi connectivity index (χ2v) is 9.18. The predicted octanol–water partition coefficient (Wildman–Crippen LogP) is 5.08. The molecule has 6 atom stereocenters. The van der Waals surface area contributed by atoms with E-state index in [2.05, 4.69) is 12.2 Å². The standard InChI is InChI=1S/C26H25NO2/c28-25-23-18-14-20(17-10-4-5-11-17)21(15-18)24(23)26(29)27(25)22-13-7-6-12-19(22)16-8-2-1-3-9-16/h1-4,6-10,12-13,17-18,20-21,23-24H,5,11,14-15H2. The first kappa shape index (κ1) is 17.2. The highest BCUT2D eigenvalue weighted by Gasteiger charge is 2.64. The summed E-state index contributed by atoms with van der Waals surface area (Å²) in [5.41, 5.74) is 2.75. The summed E-state index contributed by atoms with van der Waals surface area (Å²) in [6, 6.07) is 17.9. The fourth-order valence-electron chi connectivity index (χ4n) is 6.78. The van der Waals surface area contributed by atoms with Crippen LogP contribution in [0.15, 0.2) is 66.7 Å². The van der Waals surface area contributed by atoms with Crippen LogP contribution in [0.1, 0.15) is 25.7 Å². The molecule has 29 heavy (non-hydrogen) atoms. The largest absolute Gasteiger partial charge is 0.274 e. The Balaban J connectivity index is 1.37. The lowest BCUT2D eigenvalue weighted by atomic mass is 9.70. The molecule has 2 bridgehead atoms. The number of carbonyl (C=O) groups excluding carboxylic acids is 2. The molecule has 2 saturated carbocycles. The van der Waals surface area contributed by atoms with Gasteiger partial charge in [0, 0.05) is 5.56 Å². The minimum atomic E-state index is -0.107. The van der Waals surface area contributed by atoms with Crippen molar-refractivity contribution in [1.29, 1.82) is 0 Å². The summed E-state index contributed by atoms with van der Waals surface area (Å²) < 4.78 is 0. The Bertz CT molecular complexity index is 1010. The Labute approximate surface area is 171 Å². The number of allylic oxidation sites excluding steroid dienone is 2. The fourth-order valence-corrected chi connectivity index (χ4v) is 6.78. The molecule has 0 radical (unpaired) electrons. The van der Waals surface area contributed by atoms with Crippen LogP contribution >= 0.6 is 0 Å². The molecule has 0 spiro atoms. The van der Waals surface area contributed by atoms with Gasteiger partial charge in [-0.15, -0.1) is 0 Å². The summed E-state index contributed by atoms with van der Waals surface area (Å²) in [5, 5.41) is 0. The maximum absolute atomic E-state index is 13.6. The number of anilines is 1.